The molecule has 2 heterocycles. The Balaban J connectivity index is 0.000000402. The Kier molecular flexibility index (Phi) is 12.8. The van der Waals surface area contributed by atoms with Gasteiger partial charge in [-0.15, -0.1) is 0 Å². The van der Waals surface area contributed by atoms with E-state index in [-0.39, 0.29) is 11.3 Å². The predicted molar refractivity (Wildman–Crippen MR) is 147 cm³/mol. The van der Waals surface area contributed by atoms with Gasteiger partial charge in [0.05, 0.1) is 6.54 Å². The molecule has 1 spiro atoms. The van der Waals surface area contributed by atoms with Gasteiger partial charge in [0.2, 0.25) is 5.91 Å². The summed E-state index contributed by atoms with van der Waals surface area (Å²) in [5.41, 5.74) is 3.11. The van der Waals surface area contributed by atoms with Crippen LogP contribution >= 0.6 is 0 Å². The number of aryl methyl sites for hydroxylation is 1. The second-order valence-corrected chi connectivity index (χ2v) is 11.0. The highest BCUT2D eigenvalue weighted by molar-refractivity contribution is 5.77. The first kappa shape index (κ1) is 36.6. The maximum absolute atomic E-state index is 12.6. The lowest BCUT2D eigenvalue weighted by molar-refractivity contribution is -0.193. The summed E-state index contributed by atoms with van der Waals surface area (Å²) in [4.78, 5) is 35.0. The highest BCUT2D eigenvalue weighted by Gasteiger charge is 2.45. The lowest BCUT2D eigenvalue weighted by Crippen LogP contribution is -2.41. The molecule has 246 valence electrons. The van der Waals surface area contributed by atoms with Crippen LogP contribution in [0.1, 0.15) is 54.2 Å². The van der Waals surface area contributed by atoms with Crippen LogP contribution in [-0.4, -0.2) is 90.5 Å². The number of carbonyl (C=O) groups is 3. The number of benzene rings is 1. The minimum Gasteiger partial charge on any atom is -0.475 e. The number of carbonyl (C=O) groups excluding carboxylic acids is 1. The van der Waals surface area contributed by atoms with Crippen molar-refractivity contribution < 1.29 is 55.4 Å². The molecule has 1 aromatic heterocycles. The summed E-state index contributed by atoms with van der Waals surface area (Å²) in [5, 5.41) is 17.4. The maximum Gasteiger partial charge on any atom is 0.490 e. The molecule has 1 saturated heterocycles. The molecule has 0 radical (unpaired) electrons. The van der Waals surface area contributed by atoms with Crippen molar-refractivity contribution in [1.82, 2.24) is 15.1 Å². The molecule has 1 aromatic carbocycles. The van der Waals surface area contributed by atoms with Gasteiger partial charge in [0.25, 0.3) is 0 Å². The third-order valence-electron chi connectivity index (χ3n) is 7.40. The van der Waals surface area contributed by atoms with Crippen LogP contribution in [0, 0.1) is 6.92 Å². The van der Waals surface area contributed by atoms with Gasteiger partial charge in [0.15, 0.2) is 0 Å². The first-order valence-corrected chi connectivity index (χ1v) is 13.7. The van der Waals surface area contributed by atoms with E-state index in [4.69, 9.17) is 24.2 Å². The van der Waals surface area contributed by atoms with Crippen molar-refractivity contribution in [3.05, 3.63) is 59.0 Å². The smallest absolute Gasteiger partial charge is 0.475 e. The summed E-state index contributed by atoms with van der Waals surface area (Å²) >= 11 is 0. The number of piperidine rings is 1. The molecule has 1 aliphatic carbocycles. The van der Waals surface area contributed by atoms with Crippen LogP contribution in [0.5, 0.6) is 0 Å². The molecule has 2 aliphatic rings. The molecular weight excluding hydrogens is 600 g/mol. The van der Waals surface area contributed by atoms with E-state index in [2.05, 4.69) is 45.4 Å². The quantitative estimate of drug-likeness (QED) is 0.365. The van der Waals surface area contributed by atoms with Gasteiger partial charge >= 0.3 is 24.3 Å². The molecule has 9 nitrogen and oxygen atoms in total. The van der Waals surface area contributed by atoms with Crippen LogP contribution in [-0.2, 0) is 26.3 Å². The SMILES string of the molecule is Cc1ccc(CN2CCC3(CC2)CC(CC(=O)NCCN(C)C)c2ccccc23)o1.O=C(O)C(F)(F)F.O=C(O)C(F)(F)F. The number of halogens is 6. The number of fused-ring (bicyclic) bond motifs is 2. The lowest BCUT2D eigenvalue weighted by atomic mass is 9.73. The summed E-state index contributed by atoms with van der Waals surface area (Å²) in [5.74, 6) is -2.96. The Morgan fingerprint density at radius 3 is 2.00 bits per heavy atom. The minimum absolute atomic E-state index is 0.180. The van der Waals surface area contributed by atoms with Gasteiger partial charge in [0, 0.05) is 19.5 Å². The van der Waals surface area contributed by atoms with Gasteiger partial charge in [-0.1, -0.05) is 24.3 Å². The Bertz CT molecular complexity index is 1230. The average Bonchev–Trinajstić information content (AvgIpc) is 3.45. The number of hydrogen-bond donors (Lipinski definition) is 3. The van der Waals surface area contributed by atoms with Crippen molar-refractivity contribution >= 4 is 17.8 Å². The number of nitrogens with zero attached hydrogens (tertiary/aromatic N) is 2. The van der Waals surface area contributed by atoms with E-state index >= 15 is 0 Å². The zero-order valence-corrected chi connectivity index (χ0v) is 24.6. The van der Waals surface area contributed by atoms with E-state index in [9.17, 15) is 31.1 Å². The van der Waals surface area contributed by atoms with Crippen molar-refractivity contribution in [3.63, 3.8) is 0 Å². The molecule has 4 rings (SSSR count). The van der Waals surface area contributed by atoms with E-state index in [1.165, 1.54) is 11.1 Å². The van der Waals surface area contributed by atoms with Gasteiger partial charge in [-0.25, -0.2) is 9.59 Å². The molecule has 2 aromatic rings. The fourth-order valence-corrected chi connectivity index (χ4v) is 5.33. The summed E-state index contributed by atoms with van der Waals surface area (Å²) in [6.45, 7) is 6.64. The van der Waals surface area contributed by atoms with Gasteiger partial charge in [-0.3, -0.25) is 9.69 Å². The highest BCUT2D eigenvalue weighted by Crippen LogP contribution is 2.52. The standard InChI is InChI=1S/C25H35N3O2.2C2HF3O2/c1-19-8-9-21(30-19)18-28-13-10-25(11-14-28)17-20(22-6-4-5-7-23(22)25)16-24(29)26-12-15-27(2)3;2*3-2(4,5)1(6)7/h4-9,20H,10-18H2,1-3H3,(H,26,29);2*(H,6,7). The monoisotopic (exact) mass is 637 g/mol. The zero-order valence-electron chi connectivity index (χ0n) is 24.6. The number of likely N-dealkylation sites (N-methyl/N-ethyl adjacent to an activating group) is 1. The normalized spacial score (nSPS) is 17.6. The van der Waals surface area contributed by atoms with Crippen LogP contribution in [0.25, 0.3) is 0 Å². The highest BCUT2D eigenvalue weighted by atomic mass is 19.4. The Morgan fingerprint density at radius 1 is 0.977 bits per heavy atom. The van der Waals surface area contributed by atoms with Gasteiger partial charge < -0.3 is 24.8 Å². The van der Waals surface area contributed by atoms with Crippen molar-refractivity contribution in [1.29, 1.82) is 0 Å². The topological polar surface area (TPSA) is 123 Å². The summed E-state index contributed by atoms with van der Waals surface area (Å²) in [7, 11) is 4.06. The molecule has 0 saturated carbocycles. The third kappa shape index (κ3) is 11.2. The van der Waals surface area contributed by atoms with E-state index in [0.717, 1.165) is 57.0 Å². The van der Waals surface area contributed by atoms with E-state index in [1.54, 1.807) is 0 Å². The molecule has 15 heteroatoms. The second-order valence-electron chi connectivity index (χ2n) is 11.0. The summed E-state index contributed by atoms with van der Waals surface area (Å²) in [6, 6.07) is 13.0. The molecule has 1 amide bonds. The van der Waals surface area contributed by atoms with Crippen LogP contribution in [0.2, 0.25) is 0 Å². The number of furan rings is 1. The number of hydrogen-bond acceptors (Lipinski definition) is 6. The van der Waals surface area contributed by atoms with E-state index < -0.39 is 24.3 Å². The van der Waals surface area contributed by atoms with Crippen molar-refractivity contribution in [2.45, 2.75) is 62.8 Å². The fraction of sp³-hybridized carbons (Fsp3) is 0.552. The summed E-state index contributed by atoms with van der Waals surface area (Å²) < 4.78 is 69.3. The minimum atomic E-state index is -5.08. The molecule has 1 aliphatic heterocycles. The number of rotatable bonds is 7. The second kappa shape index (κ2) is 15.4. The first-order valence-electron chi connectivity index (χ1n) is 13.7. The van der Waals surface area contributed by atoms with Crippen molar-refractivity contribution in [3.8, 4) is 0 Å². The Labute approximate surface area is 250 Å². The molecular formula is C29H37F6N3O6. The molecule has 0 bridgehead atoms. The fourth-order valence-electron chi connectivity index (χ4n) is 5.33. The van der Waals surface area contributed by atoms with Crippen LogP contribution < -0.4 is 5.32 Å². The predicted octanol–water partition coefficient (Wildman–Crippen LogP) is 4.94. The number of likely N-dealkylation sites (tertiary alicyclic amines) is 1. The third-order valence-corrected chi connectivity index (χ3v) is 7.40. The Morgan fingerprint density at radius 2 is 1.52 bits per heavy atom. The van der Waals surface area contributed by atoms with Gasteiger partial charge in [-0.2, -0.15) is 26.3 Å². The number of carboxylic acid groups (broad SMARTS) is 2. The largest absolute Gasteiger partial charge is 0.490 e. The number of nitrogens with one attached hydrogen (secondary N) is 1. The number of amides is 1. The summed E-state index contributed by atoms with van der Waals surface area (Å²) in [6.07, 6.45) is -6.16. The Hall–Kier alpha value is -3.59. The molecule has 44 heavy (non-hydrogen) atoms. The number of carboxylic acids is 2. The van der Waals surface area contributed by atoms with Gasteiger partial charge in [0.1, 0.15) is 11.5 Å². The first-order chi connectivity index (χ1) is 20.3. The molecule has 3 N–H and O–H groups in total. The van der Waals surface area contributed by atoms with E-state index in [1.807, 2.05) is 27.1 Å². The van der Waals surface area contributed by atoms with Crippen molar-refractivity contribution in [2.75, 3.05) is 40.3 Å². The molecule has 1 fully saturated rings. The number of aliphatic carboxylic acids is 2. The van der Waals surface area contributed by atoms with E-state index in [0.29, 0.717) is 18.9 Å². The van der Waals surface area contributed by atoms with Crippen LogP contribution in [0.3, 0.4) is 0 Å². The zero-order chi connectivity index (χ0) is 33.3. The average molecular weight is 638 g/mol. The maximum atomic E-state index is 12.6. The van der Waals surface area contributed by atoms with Gasteiger partial charge in [-0.05, 0) is 88.0 Å². The molecule has 1 atom stereocenters. The lowest BCUT2D eigenvalue weighted by Gasteiger charge is -2.40. The van der Waals surface area contributed by atoms with Crippen molar-refractivity contribution in [2.24, 2.45) is 0 Å². The molecule has 1 unspecified atom stereocenters. The van der Waals surface area contributed by atoms with Crippen LogP contribution in [0.15, 0.2) is 40.8 Å². The van der Waals surface area contributed by atoms with Crippen LogP contribution in [0.4, 0.5) is 26.3 Å². The number of alkyl halides is 6.